The number of nitrogens with zero attached hydrogens (tertiary/aromatic N) is 3. The lowest BCUT2D eigenvalue weighted by Crippen LogP contribution is -2.49. The van der Waals surface area contributed by atoms with Gasteiger partial charge in [0.1, 0.15) is 11.6 Å². The SMILES string of the molecule is Fc1ccc(C(CNc2cc(C(F)(F)F)nc3cc(C(F)(F)F)nn23)COC2CNC2)cc1. The van der Waals surface area contributed by atoms with Crippen LogP contribution in [0.5, 0.6) is 0 Å². The van der Waals surface area contributed by atoms with Crippen LogP contribution in [0.15, 0.2) is 36.4 Å². The molecule has 0 radical (unpaired) electrons. The maximum Gasteiger partial charge on any atom is 0.435 e. The van der Waals surface area contributed by atoms with E-state index in [4.69, 9.17) is 4.74 Å². The van der Waals surface area contributed by atoms with E-state index in [0.717, 1.165) is 0 Å². The van der Waals surface area contributed by atoms with E-state index in [0.29, 0.717) is 35.3 Å². The Hall–Kier alpha value is -2.93. The number of alkyl halides is 6. The highest BCUT2D eigenvalue weighted by molar-refractivity contribution is 5.51. The summed E-state index contributed by atoms with van der Waals surface area (Å²) in [5.41, 5.74) is -2.68. The maximum atomic E-state index is 13.3. The van der Waals surface area contributed by atoms with Crippen LogP contribution in [0.3, 0.4) is 0 Å². The zero-order chi connectivity index (χ0) is 23.8. The molecule has 4 rings (SSSR count). The van der Waals surface area contributed by atoms with Crippen LogP contribution >= 0.6 is 0 Å². The maximum absolute atomic E-state index is 13.3. The summed E-state index contributed by atoms with van der Waals surface area (Å²) in [6, 6.07) is 6.56. The Morgan fingerprint density at radius 2 is 1.70 bits per heavy atom. The molecule has 13 heteroatoms. The minimum Gasteiger partial charge on any atom is -0.375 e. The third-order valence-electron chi connectivity index (χ3n) is 5.16. The van der Waals surface area contributed by atoms with E-state index in [1.54, 1.807) is 0 Å². The first-order valence-corrected chi connectivity index (χ1v) is 9.87. The molecule has 1 saturated heterocycles. The Bertz CT molecular complexity index is 1110. The molecule has 0 bridgehead atoms. The number of nitrogens with one attached hydrogen (secondary N) is 2. The lowest BCUT2D eigenvalue weighted by molar-refractivity contribution is -0.142. The summed E-state index contributed by atoms with van der Waals surface area (Å²) in [5, 5.41) is 9.16. The van der Waals surface area contributed by atoms with Crippen molar-refractivity contribution in [3.8, 4) is 0 Å². The van der Waals surface area contributed by atoms with Gasteiger partial charge in [-0.2, -0.15) is 36.0 Å². The van der Waals surface area contributed by atoms with E-state index in [-0.39, 0.29) is 25.1 Å². The third kappa shape index (κ3) is 5.36. The number of aromatic nitrogens is 3. The number of rotatable bonds is 7. The zero-order valence-corrected chi connectivity index (χ0v) is 16.8. The Kier molecular flexibility index (Phi) is 6.18. The highest BCUT2D eigenvalue weighted by Crippen LogP contribution is 2.33. The fourth-order valence-corrected chi connectivity index (χ4v) is 3.25. The molecule has 3 aromatic rings. The van der Waals surface area contributed by atoms with Gasteiger partial charge in [-0.25, -0.2) is 9.37 Å². The molecule has 1 atom stereocenters. The van der Waals surface area contributed by atoms with Crippen LogP contribution < -0.4 is 10.6 Å². The number of hydrogen-bond acceptors (Lipinski definition) is 5. The molecule has 0 saturated carbocycles. The van der Waals surface area contributed by atoms with E-state index in [9.17, 15) is 30.7 Å². The summed E-state index contributed by atoms with van der Waals surface area (Å²) < 4.78 is 98.9. The first-order valence-electron chi connectivity index (χ1n) is 9.87. The van der Waals surface area contributed by atoms with Crippen LogP contribution in [0.2, 0.25) is 0 Å². The third-order valence-corrected chi connectivity index (χ3v) is 5.16. The lowest BCUT2D eigenvalue weighted by Gasteiger charge is -2.29. The lowest BCUT2D eigenvalue weighted by atomic mass is 9.99. The van der Waals surface area contributed by atoms with Crippen molar-refractivity contribution in [1.82, 2.24) is 19.9 Å². The summed E-state index contributed by atoms with van der Waals surface area (Å²) in [6.45, 7) is 1.45. The molecule has 0 amide bonds. The standard InChI is InChI=1S/C20H18F7N5O/c21-13-3-1-11(2-4-13)12(10-33-14-8-28-9-14)7-29-17-5-15(19(22,23)24)30-18-6-16(20(25,26)27)31-32(17)18/h1-6,12,14,28-29H,7-10H2. The smallest absolute Gasteiger partial charge is 0.375 e. The van der Waals surface area contributed by atoms with E-state index in [1.807, 2.05) is 0 Å². The van der Waals surface area contributed by atoms with Gasteiger partial charge in [0.25, 0.3) is 0 Å². The summed E-state index contributed by atoms with van der Waals surface area (Å²) in [4.78, 5) is 3.28. The molecule has 0 aliphatic carbocycles. The molecule has 1 unspecified atom stereocenters. The Balaban J connectivity index is 1.64. The van der Waals surface area contributed by atoms with Crippen LogP contribution in [-0.2, 0) is 17.1 Å². The summed E-state index contributed by atoms with van der Waals surface area (Å²) >= 11 is 0. The van der Waals surface area contributed by atoms with Gasteiger partial charge in [-0.1, -0.05) is 12.1 Å². The normalized spacial score (nSPS) is 16.1. The second-order valence-corrected chi connectivity index (χ2v) is 7.56. The number of hydrogen-bond donors (Lipinski definition) is 2. The average Bonchev–Trinajstić information content (AvgIpc) is 3.14. The van der Waals surface area contributed by atoms with E-state index < -0.39 is 41.1 Å². The van der Waals surface area contributed by atoms with Crippen molar-refractivity contribution in [2.75, 3.05) is 31.6 Å². The topological polar surface area (TPSA) is 63.5 Å². The van der Waals surface area contributed by atoms with Crippen LogP contribution in [0.4, 0.5) is 36.6 Å². The van der Waals surface area contributed by atoms with Crippen molar-refractivity contribution >= 4 is 11.5 Å². The van der Waals surface area contributed by atoms with Crippen LogP contribution in [0.1, 0.15) is 22.9 Å². The molecule has 2 aromatic heterocycles. The molecular formula is C20H18F7N5O. The largest absolute Gasteiger partial charge is 0.435 e. The molecule has 1 fully saturated rings. The van der Waals surface area contributed by atoms with Crippen molar-refractivity contribution in [1.29, 1.82) is 0 Å². The summed E-state index contributed by atoms with van der Waals surface area (Å²) in [7, 11) is 0. The number of benzene rings is 1. The quantitative estimate of drug-likeness (QED) is 0.502. The number of halogens is 7. The van der Waals surface area contributed by atoms with Gasteiger partial charge < -0.3 is 15.4 Å². The second kappa shape index (κ2) is 8.78. The van der Waals surface area contributed by atoms with E-state index in [1.165, 1.54) is 24.3 Å². The molecule has 1 aliphatic rings. The highest BCUT2D eigenvalue weighted by Gasteiger charge is 2.37. The van der Waals surface area contributed by atoms with Gasteiger partial charge in [0, 0.05) is 37.7 Å². The van der Waals surface area contributed by atoms with Gasteiger partial charge in [-0.3, -0.25) is 0 Å². The highest BCUT2D eigenvalue weighted by atomic mass is 19.4. The van der Waals surface area contributed by atoms with E-state index in [2.05, 4.69) is 20.7 Å². The fraction of sp³-hybridized carbons (Fsp3) is 0.400. The molecule has 33 heavy (non-hydrogen) atoms. The van der Waals surface area contributed by atoms with Crippen LogP contribution in [-0.4, -0.2) is 46.9 Å². The zero-order valence-electron chi connectivity index (χ0n) is 16.8. The van der Waals surface area contributed by atoms with Crippen LogP contribution in [0.25, 0.3) is 5.65 Å². The Labute approximate surface area is 182 Å². The molecule has 1 aromatic carbocycles. The van der Waals surface area contributed by atoms with Crippen LogP contribution in [0, 0.1) is 5.82 Å². The molecule has 2 N–H and O–H groups in total. The predicted octanol–water partition coefficient (Wildman–Crippen LogP) is 4.09. The monoisotopic (exact) mass is 477 g/mol. The molecule has 0 spiro atoms. The fourth-order valence-electron chi connectivity index (χ4n) is 3.25. The average molecular weight is 477 g/mol. The number of ether oxygens (including phenoxy) is 1. The predicted molar refractivity (Wildman–Crippen MR) is 103 cm³/mol. The van der Waals surface area contributed by atoms with Gasteiger partial charge >= 0.3 is 12.4 Å². The first kappa shape index (κ1) is 23.2. The van der Waals surface area contributed by atoms with Gasteiger partial charge in [0.2, 0.25) is 0 Å². The van der Waals surface area contributed by atoms with Crippen molar-refractivity contribution in [2.24, 2.45) is 0 Å². The molecule has 178 valence electrons. The second-order valence-electron chi connectivity index (χ2n) is 7.56. The van der Waals surface area contributed by atoms with Crippen molar-refractivity contribution in [3.05, 3.63) is 59.2 Å². The molecular weight excluding hydrogens is 459 g/mol. The molecule has 3 heterocycles. The first-order chi connectivity index (χ1) is 15.5. The Morgan fingerprint density at radius 1 is 1.03 bits per heavy atom. The Morgan fingerprint density at radius 3 is 2.27 bits per heavy atom. The van der Waals surface area contributed by atoms with Crippen molar-refractivity contribution in [3.63, 3.8) is 0 Å². The molecule has 1 aliphatic heterocycles. The van der Waals surface area contributed by atoms with Crippen molar-refractivity contribution in [2.45, 2.75) is 24.4 Å². The number of fused-ring (bicyclic) bond motifs is 1. The summed E-state index contributed by atoms with van der Waals surface area (Å²) in [5.74, 6) is -1.21. The van der Waals surface area contributed by atoms with Gasteiger partial charge in [-0.15, -0.1) is 0 Å². The molecule has 6 nitrogen and oxygen atoms in total. The summed E-state index contributed by atoms with van der Waals surface area (Å²) in [6.07, 6.45) is -9.76. The number of anilines is 1. The van der Waals surface area contributed by atoms with E-state index >= 15 is 0 Å². The van der Waals surface area contributed by atoms with Gasteiger partial charge in [-0.05, 0) is 17.7 Å². The van der Waals surface area contributed by atoms with Gasteiger partial charge in [0.05, 0.1) is 12.7 Å². The minimum atomic E-state index is -4.88. The van der Waals surface area contributed by atoms with Crippen molar-refractivity contribution < 1.29 is 35.5 Å². The minimum absolute atomic E-state index is 0.0105. The van der Waals surface area contributed by atoms with Gasteiger partial charge in [0.15, 0.2) is 17.0 Å².